The average Bonchev–Trinajstić information content (AvgIpc) is 2.69. The van der Waals surface area contributed by atoms with Crippen molar-refractivity contribution in [3.63, 3.8) is 0 Å². The zero-order valence-corrected chi connectivity index (χ0v) is 16.4. The number of hydrogen-bond acceptors (Lipinski definition) is 7. The number of nitrogens with zero attached hydrogens (tertiary/aromatic N) is 1. The van der Waals surface area contributed by atoms with Crippen molar-refractivity contribution in [3.05, 3.63) is 36.5 Å². The van der Waals surface area contributed by atoms with Gasteiger partial charge in [-0.1, -0.05) is 30.7 Å². The molecular weight excluding hydrogens is 371 g/mol. The summed E-state index contributed by atoms with van der Waals surface area (Å²) in [5.41, 5.74) is 0. The van der Waals surface area contributed by atoms with Gasteiger partial charge >= 0.3 is 13.9 Å². The van der Waals surface area contributed by atoms with Crippen molar-refractivity contribution >= 4 is 30.5 Å². The maximum Gasteiger partial charge on any atom is 0.474 e. The van der Waals surface area contributed by atoms with Crippen molar-refractivity contribution in [1.82, 2.24) is 4.98 Å². The fourth-order valence-electron chi connectivity index (χ4n) is 2.37. The molecule has 0 bridgehead atoms. The molecule has 0 fully saturated rings. The third kappa shape index (κ3) is 7.27. The molecule has 0 saturated heterocycles. The summed E-state index contributed by atoms with van der Waals surface area (Å²) >= 11 is 0. The number of phosphoric ester groups is 1. The monoisotopic (exact) mass is 396 g/mol. The predicted octanol–water partition coefficient (Wildman–Crippen LogP) is 4.76. The van der Waals surface area contributed by atoms with Crippen LogP contribution in [0.2, 0.25) is 0 Å². The summed E-state index contributed by atoms with van der Waals surface area (Å²) in [6.07, 6.45) is 4.33. The summed E-state index contributed by atoms with van der Waals surface area (Å²) in [5, 5.41) is 4.63. The molecule has 0 saturated carbocycles. The topological polar surface area (TPSA) is 96.0 Å². The molecule has 1 aromatic heterocycles. The Labute approximate surface area is 158 Å². The number of benzene rings is 1. The van der Waals surface area contributed by atoms with E-state index in [0.29, 0.717) is 18.8 Å². The van der Waals surface area contributed by atoms with E-state index in [1.807, 2.05) is 24.3 Å². The smallest absolute Gasteiger partial charge is 0.449 e. The highest BCUT2D eigenvalue weighted by Gasteiger charge is 2.21. The molecule has 0 unspecified atom stereocenters. The van der Waals surface area contributed by atoms with Crippen LogP contribution in [-0.4, -0.2) is 38.5 Å². The SMILES string of the molecule is COP(=O)(OC)OCCCCCCOC(=O)Nc1cc2ccccc2cn1. The number of phosphoric acid groups is 1. The Morgan fingerprint density at radius 1 is 1.04 bits per heavy atom. The summed E-state index contributed by atoms with van der Waals surface area (Å²) in [6.45, 7) is 0.600. The van der Waals surface area contributed by atoms with Crippen LogP contribution in [0.25, 0.3) is 10.8 Å². The van der Waals surface area contributed by atoms with Crippen molar-refractivity contribution in [2.24, 2.45) is 0 Å². The van der Waals surface area contributed by atoms with Crippen LogP contribution in [0.4, 0.5) is 10.6 Å². The van der Waals surface area contributed by atoms with Gasteiger partial charge in [-0.3, -0.25) is 18.9 Å². The maximum absolute atomic E-state index is 11.8. The summed E-state index contributed by atoms with van der Waals surface area (Å²) in [4.78, 5) is 16.0. The highest BCUT2D eigenvalue weighted by Crippen LogP contribution is 2.47. The minimum Gasteiger partial charge on any atom is -0.449 e. The van der Waals surface area contributed by atoms with E-state index in [-0.39, 0.29) is 6.61 Å². The highest BCUT2D eigenvalue weighted by molar-refractivity contribution is 7.48. The van der Waals surface area contributed by atoms with Gasteiger partial charge in [-0.2, -0.15) is 0 Å². The largest absolute Gasteiger partial charge is 0.474 e. The number of anilines is 1. The third-order valence-electron chi connectivity index (χ3n) is 3.83. The number of carbonyl (C=O) groups is 1. The standard InChI is InChI=1S/C18H25N2O6P/c1-23-27(22,24-2)26-12-8-4-3-7-11-25-18(21)20-17-13-15-9-5-6-10-16(15)14-19-17/h5-6,9-10,13-14H,3-4,7-8,11-12H2,1-2H3,(H,19,20,21). The minimum absolute atomic E-state index is 0.286. The van der Waals surface area contributed by atoms with Crippen LogP contribution in [0.3, 0.4) is 0 Å². The molecule has 2 aromatic rings. The van der Waals surface area contributed by atoms with Crippen LogP contribution < -0.4 is 5.32 Å². The molecular formula is C18H25N2O6P. The average molecular weight is 396 g/mol. The van der Waals surface area contributed by atoms with Gasteiger partial charge in [0.1, 0.15) is 5.82 Å². The molecule has 0 aliphatic rings. The van der Waals surface area contributed by atoms with Gasteiger partial charge in [0.25, 0.3) is 0 Å². The van der Waals surface area contributed by atoms with Gasteiger partial charge in [-0.25, -0.2) is 14.3 Å². The number of aromatic nitrogens is 1. The molecule has 9 heteroatoms. The summed E-state index contributed by atoms with van der Waals surface area (Å²) in [5.74, 6) is 0.455. The first-order valence-corrected chi connectivity index (χ1v) is 10.2. The lowest BCUT2D eigenvalue weighted by Gasteiger charge is -2.12. The number of amides is 1. The number of nitrogens with one attached hydrogen (secondary N) is 1. The fraction of sp³-hybridized carbons (Fsp3) is 0.444. The van der Waals surface area contributed by atoms with E-state index in [1.165, 1.54) is 14.2 Å². The second kappa shape index (κ2) is 11.0. The molecule has 8 nitrogen and oxygen atoms in total. The molecule has 0 aliphatic heterocycles. The van der Waals surface area contributed by atoms with Gasteiger partial charge in [0, 0.05) is 25.8 Å². The van der Waals surface area contributed by atoms with E-state index in [4.69, 9.17) is 9.26 Å². The Morgan fingerprint density at radius 3 is 2.41 bits per heavy atom. The summed E-state index contributed by atoms with van der Waals surface area (Å²) in [7, 11) is -0.832. The maximum atomic E-state index is 11.8. The minimum atomic E-state index is -3.39. The van der Waals surface area contributed by atoms with Gasteiger partial charge in [0.15, 0.2) is 0 Å². The Hall–Kier alpha value is -1.99. The number of fused-ring (bicyclic) bond motifs is 1. The molecule has 1 heterocycles. The number of pyridine rings is 1. The summed E-state index contributed by atoms with van der Waals surface area (Å²) in [6, 6.07) is 9.58. The Kier molecular flexibility index (Phi) is 8.67. The molecule has 0 spiro atoms. The molecule has 0 radical (unpaired) electrons. The molecule has 2 rings (SSSR count). The number of hydrogen-bond donors (Lipinski definition) is 1. The first-order chi connectivity index (χ1) is 13.1. The number of rotatable bonds is 11. The first-order valence-electron chi connectivity index (χ1n) is 8.71. The number of ether oxygens (including phenoxy) is 1. The van der Waals surface area contributed by atoms with E-state index in [1.54, 1.807) is 12.3 Å². The molecule has 1 aromatic carbocycles. The van der Waals surface area contributed by atoms with Crippen LogP contribution in [0, 0.1) is 0 Å². The van der Waals surface area contributed by atoms with Crippen LogP contribution in [-0.2, 0) is 22.9 Å². The zero-order valence-electron chi connectivity index (χ0n) is 15.6. The van der Waals surface area contributed by atoms with Crippen LogP contribution in [0.15, 0.2) is 36.5 Å². The molecule has 148 valence electrons. The predicted molar refractivity (Wildman–Crippen MR) is 103 cm³/mol. The highest BCUT2D eigenvalue weighted by atomic mass is 31.2. The second-order valence-electron chi connectivity index (χ2n) is 5.74. The second-order valence-corrected chi connectivity index (χ2v) is 7.62. The van der Waals surface area contributed by atoms with Gasteiger partial charge in [0.05, 0.1) is 13.2 Å². The van der Waals surface area contributed by atoms with Crippen molar-refractivity contribution in [1.29, 1.82) is 0 Å². The third-order valence-corrected chi connectivity index (χ3v) is 5.22. The molecule has 0 atom stereocenters. The Morgan fingerprint density at radius 2 is 1.70 bits per heavy atom. The molecule has 0 aliphatic carbocycles. The van der Waals surface area contributed by atoms with E-state index < -0.39 is 13.9 Å². The lowest BCUT2D eigenvalue weighted by atomic mass is 10.2. The van der Waals surface area contributed by atoms with Gasteiger partial charge < -0.3 is 4.74 Å². The number of carbonyl (C=O) groups excluding carboxylic acids is 1. The quantitative estimate of drug-likeness (QED) is 0.432. The van der Waals surface area contributed by atoms with Crippen LogP contribution in [0.5, 0.6) is 0 Å². The van der Waals surface area contributed by atoms with Gasteiger partial charge in [-0.05, 0) is 30.7 Å². The van der Waals surface area contributed by atoms with Crippen molar-refractivity contribution in [2.75, 3.05) is 32.8 Å². The Balaban J connectivity index is 1.57. The van der Waals surface area contributed by atoms with E-state index in [0.717, 1.165) is 30.0 Å². The normalized spacial score (nSPS) is 11.5. The van der Waals surface area contributed by atoms with Gasteiger partial charge in [-0.15, -0.1) is 0 Å². The van der Waals surface area contributed by atoms with E-state index in [9.17, 15) is 9.36 Å². The zero-order chi connectivity index (χ0) is 19.5. The van der Waals surface area contributed by atoms with Crippen molar-refractivity contribution in [2.45, 2.75) is 25.7 Å². The van der Waals surface area contributed by atoms with Crippen molar-refractivity contribution in [3.8, 4) is 0 Å². The lowest BCUT2D eigenvalue weighted by molar-refractivity contribution is 0.147. The molecule has 27 heavy (non-hydrogen) atoms. The Bertz CT molecular complexity index is 777. The fourth-order valence-corrected chi connectivity index (χ4v) is 3.08. The van der Waals surface area contributed by atoms with Crippen LogP contribution >= 0.6 is 7.82 Å². The van der Waals surface area contributed by atoms with Gasteiger partial charge in [0.2, 0.25) is 0 Å². The molecule has 1 N–H and O–H groups in total. The van der Waals surface area contributed by atoms with Crippen molar-refractivity contribution < 1.29 is 27.7 Å². The van der Waals surface area contributed by atoms with E-state index >= 15 is 0 Å². The lowest BCUT2D eigenvalue weighted by Crippen LogP contribution is -2.15. The van der Waals surface area contributed by atoms with Crippen LogP contribution in [0.1, 0.15) is 25.7 Å². The first kappa shape index (κ1) is 21.3. The molecule has 1 amide bonds. The summed E-state index contributed by atoms with van der Waals surface area (Å²) < 4.78 is 31.2. The van der Waals surface area contributed by atoms with E-state index in [2.05, 4.69) is 19.3 Å². The number of unbranched alkanes of at least 4 members (excludes halogenated alkanes) is 3.